The number of hydrogen-bond acceptors (Lipinski definition) is 4. The number of nitrogens with zero attached hydrogens (tertiary/aromatic N) is 2. The molecule has 0 atom stereocenters. The van der Waals surface area contributed by atoms with E-state index in [1.165, 1.54) is 11.8 Å². The Hall–Kier alpha value is -1.17. The maximum atomic E-state index is 11.5. The van der Waals surface area contributed by atoms with Crippen molar-refractivity contribution in [3.8, 4) is 0 Å². The second kappa shape index (κ2) is 3.44. The number of rotatable bonds is 3. The third kappa shape index (κ3) is 1.49. The van der Waals surface area contributed by atoms with Crippen molar-refractivity contribution in [3.05, 3.63) is 16.4 Å². The fourth-order valence-electron chi connectivity index (χ4n) is 1.50. The Balaban J connectivity index is 2.37. The Bertz CT molecular complexity index is 423. The van der Waals surface area contributed by atoms with Gasteiger partial charge in [-0.1, -0.05) is 0 Å². The lowest BCUT2D eigenvalue weighted by Crippen LogP contribution is -2.29. The molecule has 0 amide bonds. The van der Waals surface area contributed by atoms with Crippen LogP contribution in [-0.2, 0) is 15.1 Å². The Morgan fingerprint density at radius 1 is 1.73 bits per heavy atom. The summed E-state index contributed by atoms with van der Waals surface area (Å²) in [6.45, 7) is 0. The summed E-state index contributed by atoms with van der Waals surface area (Å²) in [5.74, 6) is -0.310. The third-order valence-corrected chi connectivity index (χ3v) is 3.15. The highest BCUT2D eigenvalue weighted by molar-refractivity contribution is 9.10. The molecule has 15 heavy (non-hydrogen) atoms. The lowest BCUT2D eigenvalue weighted by molar-refractivity contribution is -0.146. The van der Waals surface area contributed by atoms with E-state index < -0.39 is 5.54 Å². The second-order valence-corrected chi connectivity index (χ2v) is 4.30. The van der Waals surface area contributed by atoms with Gasteiger partial charge in [0.1, 0.15) is 5.69 Å². The van der Waals surface area contributed by atoms with Gasteiger partial charge in [0.2, 0.25) is 0 Å². The minimum Gasteiger partial charge on any atom is -0.467 e. The van der Waals surface area contributed by atoms with E-state index in [4.69, 9.17) is 4.74 Å². The van der Waals surface area contributed by atoms with Crippen LogP contribution in [0.25, 0.3) is 0 Å². The maximum absolute atomic E-state index is 11.5. The third-order valence-electron chi connectivity index (χ3n) is 2.53. The standard InChI is InChI=1S/C9H9BrN2O3/c1-15-8(14)9(2-3-9)12-4-6(10)7(5-13)11-12/h4-5H,2-3H2,1H3. The molecule has 0 bridgehead atoms. The molecule has 0 aliphatic heterocycles. The van der Waals surface area contributed by atoms with Crippen LogP contribution < -0.4 is 0 Å². The highest BCUT2D eigenvalue weighted by Gasteiger charge is 2.54. The average molecular weight is 273 g/mol. The summed E-state index contributed by atoms with van der Waals surface area (Å²) >= 11 is 3.20. The first-order valence-corrected chi connectivity index (χ1v) is 5.22. The first-order valence-electron chi connectivity index (χ1n) is 4.43. The molecule has 80 valence electrons. The molecular formula is C9H9BrN2O3. The van der Waals surface area contributed by atoms with Crippen LogP contribution in [0.5, 0.6) is 0 Å². The van der Waals surface area contributed by atoms with Gasteiger partial charge in [-0.3, -0.25) is 9.48 Å². The number of aromatic nitrogens is 2. The molecule has 0 N–H and O–H groups in total. The largest absolute Gasteiger partial charge is 0.467 e. The molecule has 6 heteroatoms. The fourth-order valence-corrected chi connectivity index (χ4v) is 1.87. The Morgan fingerprint density at radius 3 is 2.80 bits per heavy atom. The molecule has 1 aromatic heterocycles. The van der Waals surface area contributed by atoms with Crippen molar-refractivity contribution >= 4 is 28.2 Å². The summed E-state index contributed by atoms with van der Waals surface area (Å²) in [4.78, 5) is 22.1. The van der Waals surface area contributed by atoms with Crippen LogP contribution in [0.15, 0.2) is 10.7 Å². The van der Waals surface area contributed by atoms with Gasteiger partial charge in [-0.2, -0.15) is 5.10 Å². The number of carbonyl (C=O) groups is 2. The number of methoxy groups -OCH3 is 1. The molecule has 0 spiro atoms. The summed E-state index contributed by atoms with van der Waals surface area (Å²) in [5, 5.41) is 4.03. The van der Waals surface area contributed by atoms with Crippen LogP contribution in [0.4, 0.5) is 0 Å². The monoisotopic (exact) mass is 272 g/mol. The van der Waals surface area contributed by atoms with Gasteiger partial charge < -0.3 is 4.74 Å². The van der Waals surface area contributed by atoms with E-state index in [9.17, 15) is 9.59 Å². The molecule has 5 nitrogen and oxygen atoms in total. The van der Waals surface area contributed by atoms with E-state index in [0.29, 0.717) is 29.3 Å². The SMILES string of the molecule is COC(=O)C1(n2cc(Br)c(C=O)n2)CC1. The highest BCUT2D eigenvalue weighted by atomic mass is 79.9. The van der Waals surface area contributed by atoms with Gasteiger partial charge in [0.15, 0.2) is 11.8 Å². The predicted molar refractivity (Wildman–Crippen MR) is 54.5 cm³/mol. The summed E-state index contributed by atoms with van der Waals surface area (Å²) in [7, 11) is 1.35. The topological polar surface area (TPSA) is 61.2 Å². The fraction of sp³-hybridized carbons (Fsp3) is 0.444. The Kier molecular flexibility index (Phi) is 2.38. The molecule has 1 fully saturated rings. The average Bonchev–Trinajstić information content (AvgIpc) is 2.97. The van der Waals surface area contributed by atoms with Crippen LogP contribution >= 0.6 is 15.9 Å². The number of carbonyl (C=O) groups excluding carboxylic acids is 2. The first kappa shape index (κ1) is 10.4. The van der Waals surface area contributed by atoms with Crippen LogP contribution in [0.1, 0.15) is 23.3 Å². The molecule has 0 saturated heterocycles. The van der Waals surface area contributed by atoms with Gasteiger partial charge >= 0.3 is 5.97 Å². The molecule has 1 aromatic rings. The number of esters is 1. The van der Waals surface area contributed by atoms with Gasteiger partial charge in [-0.25, -0.2) is 4.79 Å². The molecule has 1 aliphatic carbocycles. The number of ether oxygens (including phenoxy) is 1. The van der Waals surface area contributed by atoms with Crippen molar-refractivity contribution in [2.75, 3.05) is 7.11 Å². The van der Waals surface area contributed by atoms with Gasteiger partial charge in [0, 0.05) is 6.20 Å². The quantitative estimate of drug-likeness (QED) is 0.611. The van der Waals surface area contributed by atoms with E-state index in [-0.39, 0.29) is 5.97 Å². The van der Waals surface area contributed by atoms with E-state index in [1.54, 1.807) is 6.20 Å². The van der Waals surface area contributed by atoms with Crippen molar-refractivity contribution < 1.29 is 14.3 Å². The van der Waals surface area contributed by atoms with Crippen LogP contribution in [0, 0.1) is 0 Å². The van der Waals surface area contributed by atoms with Crippen molar-refractivity contribution in [1.29, 1.82) is 0 Å². The molecular weight excluding hydrogens is 264 g/mol. The van der Waals surface area contributed by atoms with Gasteiger partial charge in [0.05, 0.1) is 11.6 Å². The summed E-state index contributed by atoms with van der Waals surface area (Å²) in [6.07, 6.45) is 3.68. The van der Waals surface area contributed by atoms with E-state index in [2.05, 4.69) is 21.0 Å². The van der Waals surface area contributed by atoms with Gasteiger partial charge in [-0.15, -0.1) is 0 Å². The van der Waals surface area contributed by atoms with Gasteiger partial charge in [0.25, 0.3) is 0 Å². The normalized spacial score (nSPS) is 17.2. The summed E-state index contributed by atoms with van der Waals surface area (Å²) < 4.78 is 6.81. The molecule has 2 rings (SSSR count). The minimum absolute atomic E-state index is 0.296. The van der Waals surface area contributed by atoms with Crippen LogP contribution in [0.3, 0.4) is 0 Å². The smallest absolute Gasteiger partial charge is 0.333 e. The zero-order valence-electron chi connectivity index (χ0n) is 8.07. The van der Waals surface area contributed by atoms with E-state index in [0.717, 1.165) is 0 Å². The summed E-state index contributed by atoms with van der Waals surface area (Å²) in [6, 6.07) is 0. The minimum atomic E-state index is -0.682. The van der Waals surface area contributed by atoms with Gasteiger partial charge in [-0.05, 0) is 28.8 Å². The number of hydrogen-bond donors (Lipinski definition) is 0. The van der Waals surface area contributed by atoms with E-state index in [1.807, 2.05) is 0 Å². The zero-order valence-corrected chi connectivity index (χ0v) is 9.65. The summed E-state index contributed by atoms with van der Waals surface area (Å²) in [5.41, 5.74) is -0.386. The molecule has 1 saturated carbocycles. The molecule has 1 aliphatic rings. The second-order valence-electron chi connectivity index (χ2n) is 3.45. The van der Waals surface area contributed by atoms with Crippen molar-refractivity contribution in [2.45, 2.75) is 18.4 Å². The van der Waals surface area contributed by atoms with Crippen molar-refractivity contribution in [2.24, 2.45) is 0 Å². The Labute approximate surface area is 94.5 Å². The number of halogens is 1. The van der Waals surface area contributed by atoms with Crippen LogP contribution in [-0.4, -0.2) is 29.1 Å². The van der Waals surface area contributed by atoms with Crippen LogP contribution in [0.2, 0.25) is 0 Å². The molecule has 0 radical (unpaired) electrons. The Morgan fingerprint density at radius 2 is 2.40 bits per heavy atom. The predicted octanol–water partition coefficient (Wildman–Crippen LogP) is 1.12. The number of aldehydes is 1. The zero-order chi connectivity index (χ0) is 11.1. The maximum Gasteiger partial charge on any atom is 0.333 e. The highest BCUT2D eigenvalue weighted by Crippen LogP contribution is 2.44. The van der Waals surface area contributed by atoms with Crippen molar-refractivity contribution in [3.63, 3.8) is 0 Å². The molecule has 0 aromatic carbocycles. The lowest BCUT2D eigenvalue weighted by Gasteiger charge is -2.12. The molecule has 1 heterocycles. The van der Waals surface area contributed by atoms with Crippen molar-refractivity contribution in [1.82, 2.24) is 9.78 Å². The first-order chi connectivity index (χ1) is 7.14. The lowest BCUT2D eigenvalue weighted by atomic mass is 10.3. The van der Waals surface area contributed by atoms with E-state index >= 15 is 0 Å². The molecule has 0 unspecified atom stereocenters.